The highest BCUT2D eigenvalue weighted by atomic mass is 16.5. The van der Waals surface area contributed by atoms with Gasteiger partial charge in [-0.05, 0) is 19.3 Å². The van der Waals surface area contributed by atoms with Gasteiger partial charge in [0.05, 0.1) is 12.6 Å². The number of carbonyl (C=O) groups is 5. The number of nitrogens with one attached hydrogen (secondary N) is 3. The van der Waals surface area contributed by atoms with Crippen LogP contribution in [0.3, 0.4) is 0 Å². The molecule has 0 saturated carbocycles. The number of nitrogens with two attached hydrogens (primary N) is 2. The molecule has 2 atom stereocenters. The first-order valence-electron chi connectivity index (χ1n) is 9.20. The molecule has 1 aromatic rings. The number of aliphatic carboxylic acids is 2. The van der Waals surface area contributed by atoms with Crippen molar-refractivity contribution in [3.8, 4) is 0 Å². The lowest BCUT2D eigenvalue weighted by Gasteiger charge is -2.17. The van der Waals surface area contributed by atoms with E-state index in [4.69, 9.17) is 26.2 Å². The summed E-state index contributed by atoms with van der Waals surface area (Å²) < 4.78 is 4.94. The molecule has 1 heterocycles. The van der Waals surface area contributed by atoms with Crippen molar-refractivity contribution >= 4 is 29.8 Å². The largest absolute Gasteiger partial charge is 0.481 e. The van der Waals surface area contributed by atoms with Gasteiger partial charge in [-0.2, -0.15) is 4.98 Å². The minimum atomic E-state index is -1.27. The van der Waals surface area contributed by atoms with Gasteiger partial charge in [-0.3, -0.25) is 19.2 Å². The van der Waals surface area contributed by atoms with E-state index in [1.165, 1.54) is 0 Å². The van der Waals surface area contributed by atoms with Gasteiger partial charge in [0.2, 0.25) is 17.7 Å². The van der Waals surface area contributed by atoms with Crippen LogP contribution in [0, 0.1) is 0 Å². The Morgan fingerprint density at radius 2 is 1.74 bits per heavy atom. The average Bonchev–Trinajstić information content (AvgIpc) is 3.16. The molecule has 1 aromatic heterocycles. The van der Waals surface area contributed by atoms with Crippen LogP contribution in [0.1, 0.15) is 49.9 Å². The molecular weight excluding hydrogens is 418 g/mol. The summed E-state index contributed by atoms with van der Waals surface area (Å²) in [7, 11) is 0. The van der Waals surface area contributed by atoms with Crippen molar-refractivity contribution < 1.29 is 38.7 Å². The normalized spacial score (nSPS) is 12.4. The van der Waals surface area contributed by atoms with Crippen molar-refractivity contribution in [2.24, 2.45) is 11.5 Å². The topological polar surface area (TPSA) is 253 Å². The van der Waals surface area contributed by atoms with Crippen LogP contribution in [0.15, 0.2) is 4.52 Å². The van der Waals surface area contributed by atoms with Crippen LogP contribution in [0.25, 0.3) is 0 Å². The maximum atomic E-state index is 12.1. The molecule has 31 heavy (non-hydrogen) atoms. The first-order valence-corrected chi connectivity index (χ1v) is 9.20. The Hall–Kier alpha value is -3.75. The van der Waals surface area contributed by atoms with Gasteiger partial charge in [-0.1, -0.05) is 5.16 Å². The van der Waals surface area contributed by atoms with Gasteiger partial charge < -0.3 is 42.2 Å². The van der Waals surface area contributed by atoms with Crippen molar-refractivity contribution in [2.75, 3.05) is 6.54 Å². The summed E-state index contributed by atoms with van der Waals surface area (Å²) in [6.07, 6.45) is 0.0823. The van der Waals surface area contributed by atoms with Crippen molar-refractivity contribution in [3.63, 3.8) is 0 Å². The van der Waals surface area contributed by atoms with E-state index in [9.17, 15) is 24.0 Å². The van der Waals surface area contributed by atoms with Crippen LogP contribution in [0.2, 0.25) is 0 Å². The summed E-state index contributed by atoms with van der Waals surface area (Å²) in [4.78, 5) is 60.2. The van der Waals surface area contributed by atoms with Crippen LogP contribution < -0.4 is 27.4 Å². The molecule has 15 heteroatoms. The zero-order valence-corrected chi connectivity index (χ0v) is 16.5. The highest BCUT2D eigenvalue weighted by Gasteiger charge is 2.22. The second-order valence-corrected chi connectivity index (χ2v) is 6.43. The molecule has 0 saturated heterocycles. The Kier molecular flexibility index (Phi) is 10.4. The fourth-order valence-electron chi connectivity index (χ4n) is 2.29. The van der Waals surface area contributed by atoms with Crippen LogP contribution >= 0.6 is 0 Å². The Labute approximate surface area is 175 Å². The number of hydrogen-bond acceptors (Lipinski definition) is 9. The molecule has 0 aromatic carbocycles. The van der Waals surface area contributed by atoms with E-state index in [0.717, 1.165) is 0 Å². The summed E-state index contributed by atoms with van der Waals surface area (Å²) in [6, 6.07) is -2.64. The van der Waals surface area contributed by atoms with Gasteiger partial charge in [-0.25, -0.2) is 4.79 Å². The predicted molar refractivity (Wildman–Crippen MR) is 101 cm³/mol. The lowest BCUT2D eigenvalue weighted by molar-refractivity contribution is -0.138. The summed E-state index contributed by atoms with van der Waals surface area (Å²) >= 11 is 0. The molecule has 0 aliphatic carbocycles. The maximum absolute atomic E-state index is 12.1. The van der Waals surface area contributed by atoms with Crippen molar-refractivity contribution in [1.82, 2.24) is 26.1 Å². The van der Waals surface area contributed by atoms with Gasteiger partial charge in [0.1, 0.15) is 12.6 Å². The number of aromatic nitrogens is 2. The standard InChI is InChI=1S/C16H25N7O8/c17-8(4-5-10(18)24)14-22-11(31-23-14)6-20-16(30)21-9(2-1-3-12(25)26)15(29)19-7-13(27)28/h8-9H,1-7,17H2,(H2,18,24)(H,19,29)(H,25,26)(H,27,28)(H2,20,21,30)/t8-,9-/m0/s1. The fourth-order valence-corrected chi connectivity index (χ4v) is 2.29. The van der Waals surface area contributed by atoms with Crippen LogP contribution in [-0.4, -0.2) is 62.7 Å². The minimum absolute atomic E-state index is 0.0115. The molecule has 172 valence electrons. The number of carboxylic acid groups (broad SMARTS) is 2. The quantitative estimate of drug-likeness (QED) is 0.165. The van der Waals surface area contributed by atoms with E-state index in [2.05, 4.69) is 26.1 Å². The Bertz CT molecular complexity index is 797. The third kappa shape index (κ3) is 10.6. The number of amides is 4. The molecule has 9 N–H and O–H groups in total. The van der Waals surface area contributed by atoms with E-state index in [1.807, 2.05) is 0 Å². The van der Waals surface area contributed by atoms with E-state index in [1.54, 1.807) is 0 Å². The molecule has 0 unspecified atom stereocenters. The Morgan fingerprint density at radius 1 is 1.03 bits per heavy atom. The lowest BCUT2D eigenvalue weighted by Crippen LogP contribution is -2.50. The number of primary amides is 1. The first-order chi connectivity index (χ1) is 14.6. The number of rotatable bonds is 14. The first kappa shape index (κ1) is 25.3. The molecule has 0 bridgehead atoms. The zero-order valence-electron chi connectivity index (χ0n) is 16.5. The van der Waals surface area contributed by atoms with Crippen molar-refractivity contribution in [1.29, 1.82) is 0 Å². The fraction of sp³-hybridized carbons (Fsp3) is 0.562. The van der Waals surface area contributed by atoms with E-state index in [0.29, 0.717) is 0 Å². The molecule has 0 fully saturated rings. The number of nitrogens with zero attached hydrogens (tertiary/aromatic N) is 2. The van der Waals surface area contributed by atoms with Gasteiger partial charge in [0.15, 0.2) is 5.82 Å². The maximum Gasteiger partial charge on any atom is 0.322 e. The molecule has 0 spiro atoms. The van der Waals surface area contributed by atoms with Crippen LogP contribution in [0.4, 0.5) is 4.79 Å². The van der Waals surface area contributed by atoms with Crippen LogP contribution in [0.5, 0.6) is 0 Å². The lowest BCUT2D eigenvalue weighted by atomic mass is 10.1. The van der Waals surface area contributed by atoms with Gasteiger partial charge >= 0.3 is 18.0 Å². The summed E-state index contributed by atoms with van der Waals surface area (Å²) in [5.41, 5.74) is 10.9. The summed E-state index contributed by atoms with van der Waals surface area (Å²) in [6.45, 7) is -0.863. The van der Waals surface area contributed by atoms with Crippen LogP contribution in [-0.2, 0) is 25.7 Å². The van der Waals surface area contributed by atoms with E-state index >= 15 is 0 Å². The summed E-state index contributed by atoms with van der Waals surface area (Å²) in [5.74, 6) is -3.51. The SMILES string of the molecule is NC(=O)CC[C@H](N)c1noc(CNC(=O)N[C@@H](CCCC(=O)O)C(=O)NCC(=O)O)n1. The van der Waals surface area contributed by atoms with Crippen molar-refractivity contribution in [2.45, 2.75) is 50.7 Å². The Morgan fingerprint density at radius 3 is 2.35 bits per heavy atom. The smallest absolute Gasteiger partial charge is 0.322 e. The van der Waals surface area contributed by atoms with Gasteiger partial charge in [0, 0.05) is 12.8 Å². The van der Waals surface area contributed by atoms with Gasteiger partial charge in [-0.15, -0.1) is 0 Å². The monoisotopic (exact) mass is 443 g/mol. The molecule has 0 radical (unpaired) electrons. The second-order valence-electron chi connectivity index (χ2n) is 6.43. The number of carboxylic acids is 2. The third-order valence-corrected chi connectivity index (χ3v) is 3.84. The van der Waals surface area contributed by atoms with Gasteiger partial charge in [0.25, 0.3) is 0 Å². The van der Waals surface area contributed by atoms with E-state index < -0.39 is 48.4 Å². The number of urea groups is 1. The number of carbonyl (C=O) groups excluding carboxylic acids is 3. The van der Waals surface area contributed by atoms with Crippen molar-refractivity contribution in [3.05, 3.63) is 11.7 Å². The average molecular weight is 443 g/mol. The predicted octanol–water partition coefficient (Wildman–Crippen LogP) is -2.04. The summed E-state index contributed by atoms with van der Waals surface area (Å²) in [5, 5.41) is 27.8. The Balaban J connectivity index is 2.58. The molecule has 15 nitrogen and oxygen atoms in total. The zero-order chi connectivity index (χ0) is 23.4. The minimum Gasteiger partial charge on any atom is -0.481 e. The molecule has 4 amide bonds. The molecular formula is C16H25N7O8. The highest BCUT2D eigenvalue weighted by molar-refractivity contribution is 5.88. The molecule has 1 rings (SSSR count). The highest BCUT2D eigenvalue weighted by Crippen LogP contribution is 2.12. The van der Waals surface area contributed by atoms with E-state index in [-0.39, 0.29) is 50.4 Å². The molecule has 0 aliphatic heterocycles. The molecule has 0 aliphatic rings. The number of hydrogen-bond donors (Lipinski definition) is 7. The third-order valence-electron chi connectivity index (χ3n) is 3.84. The second kappa shape index (κ2) is 12.7.